The summed E-state index contributed by atoms with van der Waals surface area (Å²) in [6.45, 7) is 4.16. The summed E-state index contributed by atoms with van der Waals surface area (Å²) in [6, 6.07) is 3.56. The molecule has 1 amide bonds. The Balaban J connectivity index is 1.43. The standard InChI is InChI=1S/C15H18N6OS/c1-15(6-7-15)13-17-14(23-20-13)16-12(22)10-4-5-11(19-18-10)21-8-2-3-9-21/h4-5H,2-3,6-9H2,1H3,(H,16,17,20,22). The number of carbonyl (C=O) groups is 1. The molecule has 8 heteroatoms. The third kappa shape index (κ3) is 2.90. The molecule has 0 radical (unpaired) electrons. The summed E-state index contributed by atoms with van der Waals surface area (Å²) in [4.78, 5) is 18.8. The molecule has 4 rings (SSSR count). The molecule has 1 saturated carbocycles. The zero-order chi connectivity index (χ0) is 15.9. The second kappa shape index (κ2) is 5.52. The molecule has 7 nitrogen and oxygen atoms in total. The third-order valence-electron chi connectivity index (χ3n) is 4.50. The first-order chi connectivity index (χ1) is 11.1. The van der Waals surface area contributed by atoms with Crippen molar-refractivity contribution in [1.82, 2.24) is 19.6 Å². The summed E-state index contributed by atoms with van der Waals surface area (Å²) in [6.07, 6.45) is 4.59. The average molecular weight is 330 g/mol. The Hall–Kier alpha value is -2.09. The van der Waals surface area contributed by atoms with E-state index in [2.05, 4.69) is 36.7 Å². The third-order valence-corrected chi connectivity index (χ3v) is 5.13. The van der Waals surface area contributed by atoms with Gasteiger partial charge in [-0.25, -0.2) is 4.98 Å². The minimum Gasteiger partial charge on any atom is -0.355 e. The summed E-state index contributed by atoms with van der Waals surface area (Å²) in [5.41, 5.74) is 0.402. The van der Waals surface area contributed by atoms with Gasteiger partial charge in [-0.05, 0) is 37.8 Å². The second-order valence-electron chi connectivity index (χ2n) is 6.41. The van der Waals surface area contributed by atoms with E-state index in [-0.39, 0.29) is 11.3 Å². The predicted molar refractivity (Wildman–Crippen MR) is 87.9 cm³/mol. The lowest BCUT2D eigenvalue weighted by molar-refractivity contribution is 0.102. The van der Waals surface area contributed by atoms with Gasteiger partial charge in [0.05, 0.1) is 0 Å². The van der Waals surface area contributed by atoms with E-state index in [0.29, 0.717) is 10.8 Å². The molecule has 2 aromatic heterocycles. The summed E-state index contributed by atoms with van der Waals surface area (Å²) >= 11 is 1.21. The maximum Gasteiger partial charge on any atom is 0.277 e. The van der Waals surface area contributed by atoms with Crippen LogP contribution >= 0.6 is 11.5 Å². The second-order valence-corrected chi connectivity index (χ2v) is 7.16. The largest absolute Gasteiger partial charge is 0.355 e. The number of anilines is 2. The van der Waals surface area contributed by atoms with Gasteiger partial charge in [-0.1, -0.05) is 6.92 Å². The minimum atomic E-state index is -0.297. The monoisotopic (exact) mass is 330 g/mol. The normalized spacial score (nSPS) is 18.9. The smallest absolute Gasteiger partial charge is 0.277 e. The molecule has 120 valence electrons. The highest BCUT2D eigenvalue weighted by atomic mass is 32.1. The fourth-order valence-electron chi connectivity index (χ4n) is 2.65. The highest BCUT2D eigenvalue weighted by Gasteiger charge is 2.42. The van der Waals surface area contributed by atoms with Gasteiger partial charge in [0.25, 0.3) is 5.91 Å². The lowest BCUT2D eigenvalue weighted by Crippen LogP contribution is -2.21. The van der Waals surface area contributed by atoms with Gasteiger partial charge in [0.2, 0.25) is 5.13 Å². The van der Waals surface area contributed by atoms with E-state index < -0.39 is 0 Å². The molecule has 2 aromatic rings. The Morgan fingerprint density at radius 3 is 2.70 bits per heavy atom. The molecular weight excluding hydrogens is 312 g/mol. The number of rotatable bonds is 4. The van der Waals surface area contributed by atoms with Crippen LogP contribution in [0.1, 0.15) is 48.9 Å². The number of carbonyl (C=O) groups excluding carboxylic acids is 1. The van der Waals surface area contributed by atoms with Gasteiger partial charge in [-0.2, -0.15) is 4.37 Å². The highest BCUT2D eigenvalue weighted by molar-refractivity contribution is 7.09. The van der Waals surface area contributed by atoms with E-state index in [1.807, 2.05) is 6.07 Å². The Labute approximate surface area is 138 Å². The van der Waals surface area contributed by atoms with Crippen LogP contribution < -0.4 is 10.2 Å². The van der Waals surface area contributed by atoms with Crippen LogP contribution in [0, 0.1) is 0 Å². The summed E-state index contributed by atoms with van der Waals surface area (Å²) in [7, 11) is 0. The average Bonchev–Trinajstić information content (AvgIpc) is 3.01. The van der Waals surface area contributed by atoms with Gasteiger partial charge in [-0.3, -0.25) is 10.1 Å². The molecule has 1 saturated heterocycles. The van der Waals surface area contributed by atoms with Crippen molar-refractivity contribution >= 4 is 28.4 Å². The number of nitrogens with zero attached hydrogens (tertiary/aromatic N) is 5. The molecule has 3 heterocycles. The van der Waals surface area contributed by atoms with Crippen molar-refractivity contribution in [3.63, 3.8) is 0 Å². The number of amides is 1. The first-order valence-corrected chi connectivity index (χ1v) is 8.66. The topological polar surface area (TPSA) is 83.9 Å². The molecule has 23 heavy (non-hydrogen) atoms. The van der Waals surface area contributed by atoms with Gasteiger partial charge >= 0.3 is 0 Å². The molecular formula is C15H18N6OS. The van der Waals surface area contributed by atoms with Gasteiger partial charge in [0.1, 0.15) is 0 Å². The Morgan fingerprint density at radius 1 is 1.26 bits per heavy atom. The molecule has 1 aliphatic heterocycles. The molecule has 0 unspecified atom stereocenters. The summed E-state index contributed by atoms with van der Waals surface area (Å²) in [5.74, 6) is 1.36. The quantitative estimate of drug-likeness (QED) is 0.925. The van der Waals surface area contributed by atoms with E-state index in [1.54, 1.807) is 6.07 Å². The van der Waals surface area contributed by atoms with Crippen LogP contribution in [-0.4, -0.2) is 38.6 Å². The van der Waals surface area contributed by atoms with Crippen molar-refractivity contribution < 1.29 is 4.79 Å². The first-order valence-electron chi connectivity index (χ1n) is 7.88. The summed E-state index contributed by atoms with van der Waals surface area (Å²) < 4.78 is 4.34. The Kier molecular flexibility index (Phi) is 3.48. The first kappa shape index (κ1) is 14.5. The SMILES string of the molecule is CC1(c2nsc(NC(=O)c3ccc(N4CCCC4)nn3)n2)CC1. The molecule has 1 N–H and O–H groups in total. The van der Waals surface area contributed by atoms with Gasteiger partial charge in [0.15, 0.2) is 17.3 Å². The van der Waals surface area contributed by atoms with Crippen LogP contribution in [0.2, 0.25) is 0 Å². The number of hydrogen-bond donors (Lipinski definition) is 1. The Morgan fingerprint density at radius 2 is 2.04 bits per heavy atom. The fraction of sp³-hybridized carbons (Fsp3) is 0.533. The van der Waals surface area contributed by atoms with Gasteiger partial charge in [-0.15, -0.1) is 10.2 Å². The van der Waals surface area contributed by atoms with E-state index in [4.69, 9.17) is 0 Å². The molecule has 0 atom stereocenters. The van der Waals surface area contributed by atoms with E-state index >= 15 is 0 Å². The van der Waals surface area contributed by atoms with Crippen molar-refractivity contribution in [2.24, 2.45) is 0 Å². The lowest BCUT2D eigenvalue weighted by Gasteiger charge is -2.14. The molecule has 1 aliphatic carbocycles. The fourth-order valence-corrected chi connectivity index (χ4v) is 3.35. The van der Waals surface area contributed by atoms with Crippen LogP contribution in [0.5, 0.6) is 0 Å². The number of aromatic nitrogens is 4. The van der Waals surface area contributed by atoms with Crippen molar-refractivity contribution in [3.05, 3.63) is 23.7 Å². The zero-order valence-electron chi connectivity index (χ0n) is 12.9. The molecule has 0 aromatic carbocycles. The summed E-state index contributed by atoms with van der Waals surface area (Å²) in [5, 5.41) is 11.5. The highest BCUT2D eigenvalue weighted by Crippen LogP contribution is 2.46. The van der Waals surface area contributed by atoms with Crippen molar-refractivity contribution in [2.75, 3.05) is 23.3 Å². The molecule has 2 aliphatic rings. The molecule has 2 fully saturated rings. The van der Waals surface area contributed by atoms with Crippen molar-refractivity contribution in [2.45, 2.75) is 38.0 Å². The number of nitrogens with one attached hydrogen (secondary N) is 1. The predicted octanol–water partition coefficient (Wildman–Crippen LogP) is 2.23. The number of hydrogen-bond acceptors (Lipinski definition) is 7. The van der Waals surface area contributed by atoms with Gasteiger partial charge < -0.3 is 4.90 Å². The van der Waals surface area contributed by atoms with Gasteiger partial charge in [0, 0.05) is 30.0 Å². The van der Waals surface area contributed by atoms with Crippen molar-refractivity contribution in [3.8, 4) is 0 Å². The van der Waals surface area contributed by atoms with Crippen molar-refractivity contribution in [1.29, 1.82) is 0 Å². The van der Waals surface area contributed by atoms with Crippen LogP contribution in [0.25, 0.3) is 0 Å². The maximum absolute atomic E-state index is 12.2. The Bertz CT molecular complexity index is 718. The van der Waals surface area contributed by atoms with Crippen LogP contribution in [0.4, 0.5) is 10.9 Å². The lowest BCUT2D eigenvalue weighted by atomic mass is 10.1. The molecule has 0 bridgehead atoms. The van der Waals surface area contributed by atoms with Crippen LogP contribution in [-0.2, 0) is 5.41 Å². The van der Waals surface area contributed by atoms with E-state index in [9.17, 15) is 4.79 Å². The van der Waals surface area contributed by atoms with E-state index in [0.717, 1.165) is 37.6 Å². The maximum atomic E-state index is 12.2. The van der Waals surface area contributed by atoms with E-state index in [1.165, 1.54) is 24.4 Å². The minimum absolute atomic E-state index is 0.108. The molecule has 0 spiro atoms. The van der Waals surface area contributed by atoms with Crippen LogP contribution in [0.3, 0.4) is 0 Å². The zero-order valence-corrected chi connectivity index (χ0v) is 13.8. The van der Waals surface area contributed by atoms with Crippen LogP contribution in [0.15, 0.2) is 12.1 Å².